The van der Waals surface area contributed by atoms with Crippen molar-refractivity contribution in [3.63, 3.8) is 0 Å². The van der Waals surface area contributed by atoms with Crippen LogP contribution in [0.5, 0.6) is 0 Å². The molecule has 0 aliphatic rings. The number of tetrazole rings is 1. The molecule has 0 fully saturated rings. The zero-order valence-corrected chi connectivity index (χ0v) is 15.0. The fraction of sp³-hybridized carbons (Fsp3) is 0.333. The number of aromatic nitrogens is 5. The smallest absolute Gasteiger partial charge is 0.204 e. The van der Waals surface area contributed by atoms with Crippen LogP contribution in [-0.2, 0) is 12.0 Å². The van der Waals surface area contributed by atoms with Gasteiger partial charge in [-0.25, -0.2) is 4.98 Å². The van der Waals surface area contributed by atoms with Crippen molar-refractivity contribution in [3.8, 4) is 11.4 Å². The van der Waals surface area contributed by atoms with Gasteiger partial charge in [0.05, 0.1) is 10.7 Å². The summed E-state index contributed by atoms with van der Waals surface area (Å²) in [6.07, 6.45) is 0. The minimum atomic E-state index is 0.0707. The molecule has 3 aromatic rings. The van der Waals surface area contributed by atoms with E-state index in [1.807, 2.05) is 24.3 Å². The van der Waals surface area contributed by atoms with Gasteiger partial charge in [-0.3, -0.25) is 0 Å². The first-order valence-electron chi connectivity index (χ1n) is 6.90. The lowest BCUT2D eigenvalue weighted by molar-refractivity contribution is 0.553. The topological polar surface area (TPSA) is 56.5 Å². The lowest BCUT2D eigenvalue weighted by Gasteiger charge is -2.13. The summed E-state index contributed by atoms with van der Waals surface area (Å²) in [5.41, 5.74) is 1.99. The van der Waals surface area contributed by atoms with Gasteiger partial charge in [-0.1, -0.05) is 36.7 Å². The van der Waals surface area contributed by atoms with E-state index >= 15 is 0 Å². The average molecular weight is 378 g/mol. The molecule has 0 aliphatic carbocycles. The maximum absolute atomic E-state index is 4.65. The molecule has 1 aromatic carbocycles. The summed E-state index contributed by atoms with van der Waals surface area (Å²) in [5, 5.41) is 15.8. The first kappa shape index (κ1) is 15.3. The van der Waals surface area contributed by atoms with E-state index in [0.717, 1.165) is 20.7 Å². The summed E-state index contributed by atoms with van der Waals surface area (Å²) in [6, 6.07) is 7.86. The lowest BCUT2D eigenvalue weighted by Crippen LogP contribution is -2.11. The van der Waals surface area contributed by atoms with Crippen molar-refractivity contribution in [3.05, 3.63) is 44.8 Å². The molecule has 0 saturated heterocycles. The Bertz CT molecular complexity index is 770. The van der Waals surface area contributed by atoms with Crippen molar-refractivity contribution in [1.29, 1.82) is 0 Å². The van der Waals surface area contributed by atoms with Crippen LogP contribution < -0.4 is 0 Å². The van der Waals surface area contributed by atoms with Gasteiger partial charge in [-0.15, -0.1) is 21.5 Å². The predicted octanol–water partition coefficient (Wildman–Crippen LogP) is 3.90. The second-order valence-electron chi connectivity index (χ2n) is 6.04. The molecular weight excluding hydrogens is 362 g/mol. The van der Waals surface area contributed by atoms with Crippen LogP contribution in [0.2, 0.25) is 0 Å². The molecule has 0 aliphatic heterocycles. The van der Waals surface area contributed by atoms with E-state index in [-0.39, 0.29) is 5.41 Å². The summed E-state index contributed by atoms with van der Waals surface area (Å²) in [4.78, 5) is 6.24. The normalized spacial score (nSPS) is 11.8. The van der Waals surface area contributed by atoms with E-state index in [2.05, 4.69) is 62.5 Å². The Morgan fingerprint density at radius 2 is 1.91 bits per heavy atom. The monoisotopic (exact) mass is 377 g/mol. The molecule has 2 heterocycles. The van der Waals surface area contributed by atoms with Crippen molar-refractivity contribution >= 4 is 27.3 Å². The van der Waals surface area contributed by atoms with Crippen LogP contribution in [0.15, 0.2) is 34.1 Å². The highest BCUT2D eigenvalue weighted by Gasteiger charge is 2.18. The first-order valence-corrected chi connectivity index (χ1v) is 8.58. The maximum Gasteiger partial charge on any atom is 0.204 e. The highest BCUT2D eigenvalue weighted by molar-refractivity contribution is 9.10. The number of nitrogens with zero attached hydrogens (tertiary/aromatic N) is 5. The Labute approximate surface area is 141 Å². The number of benzene rings is 1. The number of rotatable bonds is 3. The molecule has 114 valence electrons. The Balaban J connectivity index is 1.77. The Morgan fingerprint density at radius 1 is 1.18 bits per heavy atom. The second kappa shape index (κ2) is 5.89. The van der Waals surface area contributed by atoms with Gasteiger partial charge in [0.2, 0.25) is 5.82 Å². The number of thiazole rings is 1. The molecule has 0 saturated carbocycles. The third-order valence-electron chi connectivity index (χ3n) is 3.05. The summed E-state index contributed by atoms with van der Waals surface area (Å²) < 4.78 is 1.03. The highest BCUT2D eigenvalue weighted by Crippen LogP contribution is 2.25. The van der Waals surface area contributed by atoms with Gasteiger partial charge in [-0.2, -0.15) is 4.80 Å². The zero-order chi connectivity index (χ0) is 15.7. The van der Waals surface area contributed by atoms with Crippen molar-refractivity contribution in [2.75, 3.05) is 0 Å². The Hall–Kier alpha value is -1.60. The van der Waals surface area contributed by atoms with Crippen LogP contribution in [0.3, 0.4) is 0 Å². The number of hydrogen-bond donors (Lipinski definition) is 0. The number of hydrogen-bond acceptors (Lipinski definition) is 5. The van der Waals surface area contributed by atoms with Gasteiger partial charge in [-0.05, 0) is 29.5 Å². The van der Waals surface area contributed by atoms with Gasteiger partial charge in [0.1, 0.15) is 6.54 Å². The molecule has 0 amide bonds. The van der Waals surface area contributed by atoms with E-state index in [0.29, 0.717) is 12.4 Å². The van der Waals surface area contributed by atoms with Crippen LogP contribution in [0, 0.1) is 0 Å². The molecule has 0 radical (unpaired) electrons. The molecule has 22 heavy (non-hydrogen) atoms. The summed E-state index contributed by atoms with van der Waals surface area (Å²) in [6.45, 7) is 7.02. The van der Waals surface area contributed by atoms with Gasteiger partial charge in [0.15, 0.2) is 0 Å². The average Bonchev–Trinajstić information content (AvgIpc) is 3.09. The highest BCUT2D eigenvalue weighted by atomic mass is 79.9. The van der Waals surface area contributed by atoms with Gasteiger partial charge in [0.25, 0.3) is 0 Å². The van der Waals surface area contributed by atoms with E-state index in [1.165, 1.54) is 0 Å². The minimum absolute atomic E-state index is 0.0707. The summed E-state index contributed by atoms with van der Waals surface area (Å²) in [7, 11) is 0. The van der Waals surface area contributed by atoms with Crippen molar-refractivity contribution in [2.24, 2.45) is 0 Å². The van der Waals surface area contributed by atoms with Crippen LogP contribution in [0.25, 0.3) is 11.4 Å². The number of halogens is 1. The van der Waals surface area contributed by atoms with Crippen LogP contribution in [-0.4, -0.2) is 25.2 Å². The SMILES string of the molecule is CC(C)(C)c1nc(Cn2nnc(-c3ccc(Br)cc3)n2)cs1. The first-order chi connectivity index (χ1) is 10.4. The van der Waals surface area contributed by atoms with E-state index in [9.17, 15) is 0 Å². The second-order valence-corrected chi connectivity index (χ2v) is 7.82. The fourth-order valence-corrected chi connectivity index (χ4v) is 3.06. The third kappa shape index (κ3) is 3.41. The van der Waals surface area contributed by atoms with Gasteiger partial charge in [0, 0.05) is 20.8 Å². The van der Waals surface area contributed by atoms with Crippen LogP contribution in [0.1, 0.15) is 31.5 Å². The predicted molar refractivity (Wildman–Crippen MR) is 90.9 cm³/mol. The fourth-order valence-electron chi connectivity index (χ4n) is 1.89. The Kier molecular flexibility index (Phi) is 4.10. The molecule has 7 heteroatoms. The maximum atomic E-state index is 4.65. The van der Waals surface area contributed by atoms with Crippen molar-refractivity contribution in [2.45, 2.75) is 32.7 Å². The third-order valence-corrected chi connectivity index (χ3v) is 4.90. The Morgan fingerprint density at radius 3 is 2.55 bits per heavy atom. The minimum Gasteiger partial charge on any atom is -0.244 e. The van der Waals surface area contributed by atoms with Gasteiger partial charge < -0.3 is 0 Å². The zero-order valence-electron chi connectivity index (χ0n) is 12.6. The van der Waals surface area contributed by atoms with Crippen molar-refractivity contribution < 1.29 is 0 Å². The van der Waals surface area contributed by atoms with E-state index in [1.54, 1.807) is 16.1 Å². The van der Waals surface area contributed by atoms with Gasteiger partial charge >= 0.3 is 0 Å². The largest absolute Gasteiger partial charge is 0.244 e. The molecular formula is C15H16BrN5S. The molecule has 3 rings (SSSR count). The molecule has 0 spiro atoms. The van der Waals surface area contributed by atoms with E-state index in [4.69, 9.17) is 0 Å². The van der Waals surface area contributed by atoms with E-state index < -0.39 is 0 Å². The van der Waals surface area contributed by atoms with Crippen LogP contribution >= 0.6 is 27.3 Å². The molecule has 0 N–H and O–H groups in total. The standard InChI is InChI=1S/C15H16BrN5S/c1-15(2,3)14-17-12(9-22-14)8-21-19-13(18-20-21)10-4-6-11(16)7-5-10/h4-7,9H,8H2,1-3H3. The molecule has 0 atom stereocenters. The molecule has 0 unspecified atom stereocenters. The quantitative estimate of drug-likeness (QED) is 0.694. The summed E-state index contributed by atoms with van der Waals surface area (Å²) in [5.74, 6) is 0.624. The van der Waals surface area contributed by atoms with Crippen molar-refractivity contribution in [1.82, 2.24) is 25.2 Å². The van der Waals surface area contributed by atoms with Crippen LogP contribution in [0.4, 0.5) is 0 Å². The molecule has 2 aromatic heterocycles. The molecule has 5 nitrogen and oxygen atoms in total. The summed E-state index contributed by atoms with van der Waals surface area (Å²) >= 11 is 5.09. The molecule has 0 bridgehead atoms. The lowest BCUT2D eigenvalue weighted by atomic mass is 9.98.